The summed E-state index contributed by atoms with van der Waals surface area (Å²) in [5.41, 5.74) is 3.37. The van der Waals surface area contributed by atoms with Gasteiger partial charge in [-0.05, 0) is 130 Å². The lowest BCUT2D eigenvalue weighted by atomic mass is 9.91. The smallest absolute Gasteiger partial charge is 0.150 e. The van der Waals surface area contributed by atoms with Crippen LogP contribution >= 0.6 is 0 Å². The lowest BCUT2D eigenvalue weighted by Crippen LogP contribution is -2.14. The number of benzene rings is 10. The lowest BCUT2D eigenvalue weighted by Gasteiger charge is -2.30. The molecule has 10 aromatic rings. The Bertz CT molecular complexity index is 3290. The topological polar surface area (TPSA) is 54.1 Å². The van der Waals surface area contributed by atoms with Crippen LogP contribution in [-0.2, 0) is 0 Å². The van der Waals surface area contributed by atoms with Gasteiger partial charge < -0.3 is 9.80 Å². The van der Waals surface area contributed by atoms with Crippen LogP contribution in [0.3, 0.4) is 0 Å². The van der Waals surface area contributed by atoms with Crippen molar-refractivity contribution in [1.82, 2.24) is 0 Å². The van der Waals surface area contributed by atoms with Gasteiger partial charge in [0, 0.05) is 45.4 Å². The van der Waals surface area contributed by atoms with E-state index in [9.17, 15) is 19.3 Å². The molecule has 0 saturated heterocycles. The monoisotopic (exact) mass is 846 g/mol. The molecule has 0 aliphatic heterocycles. The van der Waals surface area contributed by atoms with Crippen molar-refractivity contribution < 1.29 is 26.3 Å². The largest absolute Gasteiger partial charge is 0.307 e. The first-order valence-corrected chi connectivity index (χ1v) is 19.9. The first-order valence-electron chi connectivity index (χ1n) is 19.9. The minimum absolute atomic E-state index is 0.0168. The number of hydrogen-bond acceptors (Lipinski definition) is 4. The molecule has 0 fully saturated rings. The highest BCUT2D eigenvalue weighted by Crippen LogP contribution is 2.49. The molecule has 10 heteroatoms. The summed E-state index contributed by atoms with van der Waals surface area (Å²) in [5, 5.41) is 23.8. The van der Waals surface area contributed by atoms with Crippen molar-refractivity contribution in [2.45, 2.75) is 0 Å². The van der Waals surface area contributed by atoms with Gasteiger partial charge in [0.25, 0.3) is 0 Å². The number of hydrogen-bond donors (Lipinski definition) is 0. The highest BCUT2D eigenvalue weighted by molar-refractivity contribution is 6.28. The Balaban J connectivity index is 1.23. The van der Waals surface area contributed by atoms with Gasteiger partial charge >= 0.3 is 0 Å². The maximum absolute atomic E-state index is 16.4. The molecule has 0 bridgehead atoms. The highest BCUT2D eigenvalue weighted by Gasteiger charge is 2.26. The first kappa shape index (κ1) is 39.5. The molecule has 0 spiro atoms. The van der Waals surface area contributed by atoms with Crippen LogP contribution in [0.25, 0.3) is 54.6 Å². The maximum atomic E-state index is 16.4. The molecule has 10 aromatic carbocycles. The Morgan fingerprint density at radius 2 is 0.703 bits per heavy atom. The van der Waals surface area contributed by atoms with E-state index in [4.69, 9.17) is 0 Å². The quantitative estimate of drug-likeness (QED) is 0.113. The summed E-state index contributed by atoms with van der Waals surface area (Å²) in [6, 6.07) is 47.1. The molecule has 0 N–H and O–H groups in total. The Kier molecular flexibility index (Phi) is 9.70. The normalized spacial score (nSPS) is 11.2. The van der Waals surface area contributed by atoms with E-state index in [0.29, 0.717) is 55.8 Å². The average Bonchev–Trinajstić information content (AvgIpc) is 3.31. The molecule has 0 aliphatic rings. The fraction of sp³-hybridized carbons (Fsp3) is 0. The lowest BCUT2D eigenvalue weighted by molar-refractivity contribution is 0.585. The maximum Gasteiger partial charge on any atom is 0.150 e. The van der Waals surface area contributed by atoms with E-state index in [2.05, 4.69) is 12.1 Å². The van der Waals surface area contributed by atoms with E-state index in [1.165, 1.54) is 60.7 Å². The Morgan fingerprint density at radius 3 is 1.06 bits per heavy atom. The fourth-order valence-corrected chi connectivity index (χ4v) is 8.47. The van der Waals surface area contributed by atoms with Gasteiger partial charge in [-0.25, -0.2) is 26.3 Å². The summed E-state index contributed by atoms with van der Waals surface area (Å²) >= 11 is 0. The van der Waals surface area contributed by atoms with Gasteiger partial charge in [-0.3, -0.25) is 0 Å². The second-order valence-corrected chi connectivity index (χ2v) is 15.2. The molecule has 10 rings (SSSR count). The van der Waals surface area contributed by atoms with Crippen LogP contribution in [0.1, 0.15) is 11.1 Å². The van der Waals surface area contributed by atoms with Gasteiger partial charge in [-0.1, -0.05) is 60.7 Å². The molecule has 0 amide bonds. The molecule has 0 aliphatic carbocycles. The van der Waals surface area contributed by atoms with E-state index >= 15 is 17.6 Å². The molecular weight excluding hydrogens is 819 g/mol. The zero-order valence-electron chi connectivity index (χ0n) is 33.2. The van der Waals surface area contributed by atoms with Gasteiger partial charge in [-0.15, -0.1) is 0 Å². The van der Waals surface area contributed by atoms with Gasteiger partial charge in [-0.2, -0.15) is 10.5 Å². The van der Waals surface area contributed by atoms with Crippen LogP contribution in [0.5, 0.6) is 0 Å². The fourth-order valence-electron chi connectivity index (χ4n) is 8.47. The van der Waals surface area contributed by atoms with Crippen LogP contribution in [0, 0.1) is 57.6 Å². The third-order valence-electron chi connectivity index (χ3n) is 11.5. The molecule has 4 nitrogen and oxygen atoms in total. The van der Waals surface area contributed by atoms with Crippen molar-refractivity contribution in [3.8, 4) is 34.4 Å². The summed E-state index contributed by atoms with van der Waals surface area (Å²) in [6.07, 6.45) is 0. The Morgan fingerprint density at radius 1 is 0.344 bits per heavy atom. The standard InChI is InChI=1S/C54H28F6N4/c55-37-13-5-33(6-14-37)43-25-51(47(59)27-45(43)57)63(39-17-1-31(29-61)2-18-39)49-23-11-35-10-22-42-50(24-12-36-9-21-41(49)53(35)54(36)42)64(40-19-3-32(30-62)4-20-40)52-26-44(46(58)28-48(52)60)34-7-15-38(56)16-8-34/h1-28H. The van der Waals surface area contributed by atoms with Crippen molar-refractivity contribution >= 4 is 66.4 Å². The predicted octanol–water partition coefficient (Wildman–Crippen LogP) is 15.4. The Hall–Kier alpha value is -8.60. The predicted molar refractivity (Wildman–Crippen MR) is 240 cm³/mol. The molecule has 0 saturated carbocycles. The number of halogens is 6. The van der Waals surface area contributed by atoms with Crippen molar-refractivity contribution in [3.63, 3.8) is 0 Å². The summed E-state index contributed by atoms with van der Waals surface area (Å²) in [7, 11) is 0. The molecule has 0 radical (unpaired) electrons. The highest BCUT2D eigenvalue weighted by atomic mass is 19.2. The second kappa shape index (κ2) is 15.7. The van der Waals surface area contributed by atoms with Crippen molar-refractivity contribution in [3.05, 3.63) is 216 Å². The van der Waals surface area contributed by atoms with Gasteiger partial charge in [0.05, 0.1) is 46.0 Å². The van der Waals surface area contributed by atoms with Crippen LogP contribution in [0.2, 0.25) is 0 Å². The molecule has 306 valence electrons. The second-order valence-electron chi connectivity index (χ2n) is 15.2. The average molecular weight is 847 g/mol. The summed E-state index contributed by atoms with van der Waals surface area (Å²) < 4.78 is 91.9. The minimum atomic E-state index is -0.875. The SMILES string of the molecule is N#Cc1ccc(N(c2cc(-c3ccc(F)cc3)c(F)cc2F)c2ccc3ccc4c(N(c5ccc(C#N)cc5)c5cc(-c6ccc(F)cc6)c(F)cc5F)ccc5ccc2c3c54)cc1. The molecule has 64 heavy (non-hydrogen) atoms. The third kappa shape index (κ3) is 6.75. The first-order chi connectivity index (χ1) is 31.1. The number of nitrogens with zero attached hydrogens (tertiary/aromatic N) is 4. The van der Waals surface area contributed by atoms with Crippen LogP contribution in [-0.4, -0.2) is 0 Å². The van der Waals surface area contributed by atoms with E-state index in [0.717, 1.165) is 33.7 Å². The van der Waals surface area contributed by atoms with E-state index < -0.39 is 34.9 Å². The van der Waals surface area contributed by atoms with E-state index in [-0.39, 0.29) is 22.5 Å². The van der Waals surface area contributed by atoms with E-state index in [1.807, 2.05) is 48.5 Å². The molecule has 0 atom stereocenters. The molecule has 0 unspecified atom stereocenters. The van der Waals surface area contributed by atoms with E-state index in [1.54, 1.807) is 58.3 Å². The molecule has 0 aromatic heterocycles. The van der Waals surface area contributed by atoms with Gasteiger partial charge in [0.15, 0.2) is 0 Å². The third-order valence-corrected chi connectivity index (χ3v) is 11.5. The minimum Gasteiger partial charge on any atom is -0.307 e. The van der Waals surface area contributed by atoms with Crippen LogP contribution < -0.4 is 9.80 Å². The summed E-state index contributed by atoms with van der Waals surface area (Å²) in [6.45, 7) is 0. The number of nitriles is 2. The van der Waals surface area contributed by atoms with Crippen LogP contribution in [0.15, 0.2) is 170 Å². The van der Waals surface area contributed by atoms with Crippen molar-refractivity contribution in [2.24, 2.45) is 0 Å². The number of anilines is 6. The van der Waals surface area contributed by atoms with Gasteiger partial charge in [0.1, 0.15) is 34.9 Å². The van der Waals surface area contributed by atoms with Crippen molar-refractivity contribution in [1.29, 1.82) is 10.5 Å². The Labute approximate surface area is 362 Å². The zero-order valence-corrected chi connectivity index (χ0v) is 33.2. The molecule has 0 heterocycles. The zero-order chi connectivity index (χ0) is 44.2. The summed E-state index contributed by atoms with van der Waals surface area (Å²) in [4.78, 5) is 3.29. The summed E-state index contributed by atoms with van der Waals surface area (Å²) in [5.74, 6) is -4.46. The number of rotatable bonds is 8. The van der Waals surface area contributed by atoms with Crippen LogP contribution in [0.4, 0.5) is 60.5 Å². The van der Waals surface area contributed by atoms with Crippen molar-refractivity contribution in [2.75, 3.05) is 9.80 Å². The molecular formula is C54H28F6N4. The van der Waals surface area contributed by atoms with Gasteiger partial charge in [0.2, 0.25) is 0 Å².